The van der Waals surface area contributed by atoms with Gasteiger partial charge in [0.2, 0.25) is 0 Å². The molecule has 1 aromatic rings. The first kappa shape index (κ1) is 14.8. The summed E-state index contributed by atoms with van der Waals surface area (Å²) in [6.45, 7) is 2.24. The smallest absolute Gasteiger partial charge is 0.321 e. The molecule has 6 heteroatoms. The second-order valence-electron chi connectivity index (χ2n) is 6.48. The Balaban J connectivity index is 1.68. The fourth-order valence-electron chi connectivity index (χ4n) is 2.84. The SMILES string of the molecule is CC1(C(=O)O)CCN(C(=O)Nc2ccc(F)c(C3CC3)c2)C1. The maximum absolute atomic E-state index is 13.7. The second kappa shape index (κ2) is 5.26. The molecule has 2 aliphatic rings. The topological polar surface area (TPSA) is 69.6 Å². The molecule has 2 amide bonds. The molecule has 3 rings (SSSR count). The predicted molar refractivity (Wildman–Crippen MR) is 79.3 cm³/mol. The summed E-state index contributed by atoms with van der Waals surface area (Å²) in [5.41, 5.74) is 0.311. The molecule has 2 fully saturated rings. The van der Waals surface area contributed by atoms with Crippen LogP contribution in [0.5, 0.6) is 0 Å². The molecule has 1 saturated heterocycles. The van der Waals surface area contributed by atoms with Crippen LogP contribution < -0.4 is 5.32 Å². The van der Waals surface area contributed by atoms with Crippen LogP contribution in [0.3, 0.4) is 0 Å². The van der Waals surface area contributed by atoms with Crippen molar-refractivity contribution in [1.82, 2.24) is 4.90 Å². The van der Waals surface area contributed by atoms with Crippen LogP contribution in [0.25, 0.3) is 0 Å². The van der Waals surface area contributed by atoms with Crippen molar-refractivity contribution in [3.8, 4) is 0 Å². The van der Waals surface area contributed by atoms with Gasteiger partial charge in [-0.2, -0.15) is 0 Å². The van der Waals surface area contributed by atoms with Crippen LogP contribution in [0.15, 0.2) is 18.2 Å². The molecule has 0 bridgehead atoms. The molecule has 22 heavy (non-hydrogen) atoms. The molecule has 0 radical (unpaired) electrons. The summed E-state index contributed by atoms with van der Waals surface area (Å²) in [7, 11) is 0. The monoisotopic (exact) mass is 306 g/mol. The largest absolute Gasteiger partial charge is 0.481 e. The van der Waals surface area contributed by atoms with Crippen LogP contribution in [-0.2, 0) is 4.79 Å². The third kappa shape index (κ3) is 2.77. The van der Waals surface area contributed by atoms with Crippen LogP contribution in [0.1, 0.15) is 37.7 Å². The van der Waals surface area contributed by atoms with Crippen molar-refractivity contribution in [3.05, 3.63) is 29.6 Å². The van der Waals surface area contributed by atoms with Gasteiger partial charge in [-0.05, 0) is 55.9 Å². The Morgan fingerprint density at radius 1 is 1.41 bits per heavy atom. The summed E-state index contributed by atoms with van der Waals surface area (Å²) in [6, 6.07) is 4.25. The lowest BCUT2D eigenvalue weighted by molar-refractivity contribution is -0.146. The molecule has 5 nitrogen and oxygen atoms in total. The third-order valence-electron chi connectivity index (χ3n) is 4.54. The quantitative estimate of drug-likeness (QED) is 0.902. The first-order valence-corrected chi connectivity index (χ1v) is 7.48. The first-order valence-electron chi connectivity index (χ1n) is 7.48. The number of rotatable bonds is 3. The van der Waals surface area contributed by atoms with Gasteiger partial charge in [0, 0.05) is 18.8 Å². The number of nitrogens with one attached hydrogen (secondary N) is 1. The Hall–Kier alpha value is -2.11. The van der Waals surface area contributed by atoms with Crippen LogP contribution in [0, 0.1) is 11.2 Å². The molecule has 0 spiro atoms. The Labute approximate surface area is 128 Å². The van der Waals surface area contributed by atoms with E-state index in [0.29, 0.717) is 24.2 Å². The van der Waals surface area contributed by atoms with Crippen molar-refractivity contribution in [2.24, 2.45) is 5.41 Å². The minimum Gasteiger partial charge on any atom is -0.481 e. The number of amides is 2. The molecular formula is C16H19FN2O3. The molecule has 1 unspecified atom stereocenters. The second-order valence-corrected chi connectivity index (χ2v) is 6.48. The van der Waals surface area contributed by atoms with Gasteiger partial charge in [0.05, 0.1) is 5.41 Å². The molecular weight excluding hydrogens is 287 g/mol. The normalized spacial score (nSPS) is 24.4. The van der Waals surface area contributed by atoms with E-state index in [2.05, 4.69) is 5.32 Å². The van der Waals surface area contributed by atoms with Crippen molar-refractivity contribution in [3.63, 3.8) is 0 Å². The molecule has 1 aliphatic heterocycles. The van der Waals surface area contributed by atoms with Gasteiger partial charge in [-0.3, -0.25) is 4.79 Å². The zero-order chi connectivity index (χ0) is 15.9. The lowest BCUT2D eigenvalue weighted by Crippen LogP contribution is -2.37. The molecule has 1 atom stereocenters. The van der Waals surface area contributed by atoms with Gasteiger partial charge >= 0.3 is 12.0 Å². The van der Waals surface area contributed by atoms with Gasteiger partial charge in [-0.1, -0.05) is 0 Å². The van der Waals surface area contributed by atoms with Gasteiger partial charge in [0.25, 0.3) is 0 Å². The molecule has 1 aliphatic carbocycles. The lowest BCUT2D eigenvalue weighted by atomic mass is 9.90. The van der Waals surface area contributed by atoms with E-state index in [-0.39, 0.29) is 24.3 Å². The summed E-state index contributed by atoms with van der Waals surface area (Å²) >= 11 is 0. The highest BCUT2D eigenvalue weighted by Crippen LogP contribution is 2.42. The number of hydrogen-bond acceptors (Lipinski definition) is 2. The predicted octanol–water partition coefficient (Wildman–Crippen LogP) is 3.03. The lowest BCUT2D eigenvalue weighted by Gasteiger charge is -2.20. The average Bonchev–Trinajstić information content (AvgIpc) is 3.23. The van der Waals surface area contributed by atoms with E-state index in [4.69, 9.17) is 0 Å². The van der Waals surface area contributed by atoms with Gasteiger partial charge in [0.1, 0.15) is 5.82 Å². The van der Waals surface area contributed by atoms with Crippen molar-refractivity contribution in [2.45, 2.75) is 32.1 Å². The van der Waals surface area contributed by atoms with Crippen molar-refractivity contribution in [1.29, 1.82) is 0 Å². The minimum absolute atomic E-state index is 0.185. The van der Waals surface area contributed by atoms with Gasteiger partial charge in [-0.15, -0.1) is 0 Å². The number of anilines is 1. The van der Waals surface area contributed by atoms with Gasteiger partial charge in [0.15, 0.2) is 0 Å². The highest BCUT2D eigenvalue weighted by Gasteiger charge is 2.42. The van der Waals surface area contributed by atoms with Gasteiger partial charge < -0.3 is 15.3 Å². The van der Waals surface area contributed by atoms with E-state index in [9.17, 15) is 19.1 Å². The van der Waals surface area contributed by atoms with Crippen molar-refractivity contribution < 1.29 is 19.1 Å². The Morgan fingerprint density at radius 3 is 2.73 bits per heavy atom. The van der Waals surface area contributed by atoms with Crippen LogP contribution >= 0.6 is 0 Å². The molecule has 1 saturated carbocycles. The van der Waals surface area contributed by atoms with E-state index < -0.39 is 11.4 Å². The fraction of sp³-hybridized carbons (Fsp3) is 0.500. The standard InChI is InChI=1S/C16H19FN2O3/c1-16(14(20)21)6-7-19(9-16)15(22)18-11-4-5-13(17)12(8-11)10-2-3-10/h4-5,8,10H,2-3,6-7,9H2,1H3,(H,18,22)(H,20,21). The van der Waals surface area contributed by atoms with Crippen molar-refractivity contribution >= 4 is 17.7 Å². The highest BCUT2D eigenvalue weighted by atomic mass is 19.1. The number of halogens is 1. The van der Waals surface area contributed by atoms with Crippen LogP contribution in [0.4, 0.5) is 14.9 Å². The number of aliphatic carboxylic acids is 1. The number of likely N-dealkylation sites (tertiary alicyclic amines) is 1. The molecule has 118 valence electrons. The zero-order valence-electron chi connectivity index (χ0n) is 12.4. The number of carbonyl (C=O) groups excluding carboxylic acids is 1. The fourth-order valence-corrected chi connectivity index (χ4v) is 2.84. The Kier molecular flexibility index (Phi) is 3.54. The van der Waals surface area contributed by atoms with E-state index in [1.807, 2.05) is 0 Å². The van der Waals surface area contributed by atoms with E-state index in [0.717, 1.165) is 12.8 Å². The van der Waals surface area contributed by atoms with E-state index in [1.165, 1.54) is 17.0 Å². The van der Waals surface area contributed by atoms with Gasteiger partial charge in [-0.25, -0.2) is 9.18 Å². The number of carboxylic acids is 1. The number of hydrogen-bond donors (Lipinski definition) is 2. The molecule has 1 heterocycles. The first-order chi connectivity index (χ1) is 10.4. The summed E-state index contributed by atoms with van der Waals surface area (Å²) in [4.78, 5) is 24.9. The summed E-state index contributed by atoms with van der Waals surface area (Å²) in [5, 5.41) is 11.9. The number of urea groups is 1. The molecule has 0 aromatic heterocycles. The van der Waals surface area contributed by atoms with Crippen molar-refractivity contribution in [2.75, 3.05) is 18.4 Å². The Bertz CT molecular complexity index is 630. The van der Waals surface area contributed by atoms with Crippen LogP contribution in [-0.4, -0.2) is 35.1 Å². The van der Waals surface area contributed by atoms with E-state index in [1.54, 1.807) is 13.0 Å². The number of benzene rings is 1. The number of carboxylic acid groups (broad SMARTS) is 1. The summed E-state index contributed by atoms with van der Waals surface area (Å²) in [5.74, 6) is -0.861. The third-order valence-corrected chi connectivity index (χ3v) is 4.54. The summed E-state index contributed by atoms with van der Waals surface area (Å²) < 4.78 is 13.7. The zero-order valence-corrected chi connectivity index (χ0v) is 12.4. The Morgan fingerprint density at radius 2 is 2.14 bits per heavy atom. The summed E-state index contributed by atoms with van der Waals surface area (Å²) in [6.07, 6.45) is 2.40. The maximum Gasteiger partial charge on any atom is 0.321 e. The minimum atomic E-state index is -0.890. The average molecular weight is 306 g/mol. The number of carbonyl (C=O) groups is 2. The number of nitrogens with zero attached hydrogens (tertiary/aromatic N) is 1. The molecule has 2 N–H and O–H groups in total. The maximum atomic E-state index is 13.7. The molecule has 1 aromatic carbocycles. The van der Waals surface area contributed by atoms with Crippen LogP contribution in [0.2, 0.25) is 0 Å². The van der Waals surface area contributed by atoms with E-state index >= 15 is 0 Å². The highest BCUT2D eigenvalue weighted by molar-refractivity contribution is 5.90.